The number of halogens is 3. The summed E-state index contributed by atoms with van der Waals surface area (Å²) in [4.78, 5) is 27.3. The number of nitrogens with one attached hydrogen (secondary N) is 2. The lowest BCUT2D eigenvalue weighted by Gasteiger charge is -2.42. The van der Waals surface area contributed by atoms with E-state index in [0.717, 1.165) is 81.5 Å². The number of ether oxygens (including phenoxy) is 2. The summed E-state index contributed by atoms with van der Waals surface area (Å²) in [7, 11) is 3.88. The minimum atomic E-state index is -4.74. The molecule has 3 aliphatic rings. The minimum Gasteiger partial charge on any atom is -0.494 e. The van der Waals surface area contributed by atoms with E-state index in [1.807, 2.05) is 18.2 Å². The van der Waals surface area contributed by atoms with Crippen LogP contribution in [0.5, 0.6) is 11.5 Å². The number of amides is 1. The highest BCUT2D eigenvalue weighted by atomic mass is 19.4. The van der Waals surface area contributed by atoms with Crippen LogP contribution in [0.1, 0.15) is 31.2 Å². The number of benzene rings is 2. The SMILES string of the molecule is COc1cc(N2CCC(N3CCN(C)CC3)CC2)ccc1Nc1cc(N2CCC[C@H](C(=O)NCc3ccc(OC(F)(F)F)cc3)C2)ccn1. The Morgan fingerprint density at radius 2 is 1.63 bits per heavy atom. The summed E-state index contributed by atoms with van der Waals surface area (Å²) in [5.41, 5.74) is 3.65. The largest absolute Gasteiger partial charge is 0.573 e. The molecule has 1 atom stereocenters. The van der Waals surface area contributed by atoms with Gasteiger partial charge in [-0.15, -0.1) is 13.2 Å². The van der Waals surface area contributed by atoms with Crippen molar-refractivity contribution in [1.29, 1.82) is 0 Å². The normalized spacial score (nSPS) is 19.8. The molecule has 4 heterocycles. The molecule has 0 aliphatic carbocycles. The van der Waals surface area contributed by atoms with E-state index in [2.05, 4.69) is 59.1 Å². The van der Waals surface area contributed by atoms with Crippen molar-refractivity contribution in [2.45, 2.75) is 44.6 Å². The number of hydrogen-bond acceptors (Lipinski definition) is 9. The molecule has 0 spiro atoms. The standard InChI is InChI=1S/C36H46F3N7O3/c1-43-18-20-45(21-19-43)28-12-16-44(17-13-28)29-7-10-32(33(22-29)48-2)42-34-23-30(11-14-40-34)46-15-3-4-27(25-46)35(47)41-24-26-5-8-31(9-6-26)49-36(37,38)39/h5-11,14,22-23,27-28H,3-4,12-13,15-21,24-25H2,1-2H3,(H,40,42)(H,41,47)/t27-/m0/s1. The van der Waals surface area contributed by atoms with Crippen LogP contribution in [0.15, 0.2) is 60.8 Å². The van der Waals surface area contributed by atoms with Crippen molar-refractivity contribution in [2.75, 3.05) is 81.6 Å². The second-order valence-electron chi connectivity index (χ2n) is 13.2. The number of aromatic nitrogens is 1. The van der Waals surface area contributed by atoms with E-state index in [1.165, 1.54) is 37.1 Å². The average Bonchev–Trinajstić information content (AvgIpc) is 3.11. The molecule has 0 radical (unpaired) electrons. The lowest BCUT2D eigenvalue weighted by molar-refractivity contribution is -0.274. The molecule has 0 saturated carbocycles. The lowest BCUT2D eigenvalue weighted by Crippen LogP contribution is -2.52. The Kier molecular flexibility index (Phi) is 11.0. The summed E-state index contributed by atoms with van der Waals surface area (Å²) in [6, 6.07) is 16.4. The van der Waals surface area contributed by atoms with Crippen LogP contribution in [0.3, 0.4) is 0 Å². The zero-order valence-corrected chi connectivity index (χ0v) is 28.2. The smallest absolute Gasteiger partial charge is 0.494 e. The van der Waals surface area contributed by atoms with Gasteiger partial charge >= 0.3 is 6.36 Å². The van der Waals surface area contributed by atoms with Crippen LogP contribution in [0.4, 0.5) is 36.1 Å². The molecule has 2 N–H and O–H groups in total. The van der Waals surface area contributed by atoms with Crippen molar-refractivity contribution < 1.29 is 27.4 Å². The number of pyridine rings is 1. The van der Waals surface area contributed by atoms with E-state index >= 15 is 0 Å². The highest BCUT2D eigenvalue weighted by Crippen LogP contribution is 2.34. The van der Waals surface area contributed by atoms with Gasteiger partial charge in [-0.2, -0.15) is 0 Å². The Balaban J connectivity index is 1.02. The third kappa shape index (κ3) is 9.27. The van der Waals surface area contributed by atoms with Crippen molar-refractivity contribution >= 4 is 28.8 Å². The summed E-state index contributed by atoms with van der Waals surface area (Å²) < 4.78 is 47.0. The fourth-order valence-electron chi connectivity index (χ4n) is 7.05. The van der Waals surface area contributed by atoms with Gasteiger partial charge in [0.25, 0.3) is 0 Å². The number of nitrogens with zero attached hydrogens (tertiary/aromatic N) is 5. The number of carbonyl (C=O) groups is 1. The molecule has 3 aliphatic heterocycles. The number of likely N-dealkylation sites (N-methyl/N-ethyl adjacent to an activating group) is 1. The van der Waals surface area contributed by atoms with Crippen molar-refractivity contribution in [2.24, 2.45) is 5.92 Å². The highest BCUT2D eigenvalue weighted by molar-refractivity contribution is 5.79. The predicted molar refractivity (Wildman–Crippen MR) is 185 cm³/mol. The molecule has 1 aromatic heterocycles. The topological polar surface area (TPSA) is 85.4 Å². The Bertz CT molecular complexity index is 1540. The van der Waals surface area contributed by atoms with Gasteiger partial charge in [-0.3, -0.25) is 9.69 Å². The maximum Gasteiger partial charge on any atom is 0.573 e. The van der Waals surface area contributed by atoms with Crippen LogP contribution in [-0.2, 0) is 11.3 Å². The predicted octanol–water partition coefficient (Wildman–Crippen LogP) is 5.48. The molecular weight excluding hydrogens is 635 g/mol. The van der Waals surface area contributed by atoms with Crippen molar-refractivity contribution in [1.82, 2.24) is 20.1 Å². The third-order valence-electron chi connectivity index (χ3n) is 9.86. The van der Waals surface area contributed by atoms with E-state index < -0.39 is 6.36 Å². The molecule has 0 unspecified atom stereocenters. The zero-order valence-electron chi connectivity index (χ0n) is 28.2. The second-order valence-corrected chi connectivity index (χ2v) is 13.2. The second kappa shape index (κ2) is 15.5. The highest BCUT2D eigenvalue weighted by Gasteiger charge is 2.31. The van der Waals surface area contributed by atoms with Gasteiger partial charge in [-0.05, 0) is 68.6 Å². The van der Waals surface area contributed by atoms with Gasteiger partial charge in [-0.25, -0.2) is 4.98 Å². The summed E-state index contributed by atoms with van der Waals surface area (Å²) in [5.74, 6) is 0.843. The average molecular weight is 682 g/mol. The molecule has 49 heavy (non-hydrogen) atoms. The first-order valence-electron chi connectivity index (χ1n) is 17.1. The van der Waals surface area contributed by atoms with Crippen LogP contribution in [-0.4, -0.2) is 99.6 Å². The number of piperidine rings is 2. The minimum absolute atomic E-state index is 0.0823. The van der Waals surface area contributed by atoms with Gasteiger partial charge in [0.2, 0.25) is 5.91 Å². The molecule has 6 rings (SSSR count). The summed E-state index contributed by atoms with van der Waals surface area (Å²) >= 11 is 0. The van der Waals surface area contributed by atoms with Gasteiger partial charge in [0.1, 0.15) is 17.3 Å². The Morgan fingerprint density at radius 3 is 2.35 bits per heavy atom. The molecule has 10 nitrogen and oxygen atoms in total. The maximum absolute atomic E-state index is 13.1. The quantitative estimate of drug-likeness (QED) is 0.289. The number of alkyl halides is 3. The number of anilines is 4. The van der Waals surface area contributed by atoms with E-state index in [4.69, 9.17) is 4.74 Å². The monoisotopic (exact) mass is 681 g/mol. The van der Waals surface area contributed by atoms with Gasteiger partial charge in [0, 0.05) is 94.6 Å². The molecule has 2 aromatic carbocycles. The molecule has 3 saturated heterocycles. The number of methoxy groups -OCH3 is 1. The lowest BCUT2D eigenvalue weighted by atomic mass is 9.96. The number of carbonyl (C=O) groups excluding carboxylic acids is 1. The number of rotatable bonds is 10. The van der Waals surface area contributed by atoms with Crippen molar-refractivity contribution in [3.05, 3.63) is 66.4 Å². The van der Waals surface area contributed by atoms with E-state index in [-0.39, 0.29) is 24.1 Å². The first kappa shape index (κ1) is 34.6. The summed E-state index contributed by atoms with van der Waals surface area (Å²) in [6.45, 7) is 8.26. The van der Waals surface area contributed by atoms with Crippen molar-refractivity contribution in [3.63, 3.8) is 0 Å². The maximum atomic E-state index is 13.1. The van der Waals surface area contributed by atoms with Gasteiger partial charge in [0.15, 0.2) is 0 Å². The summed E-state index contributed by atoms with van der Waals surface area (Å²) in [6.07, 6.45) is 0.968. The fraction of sp³-hybridized carbons (Fsp3) is 0.500. The van der Waals surface area contributed by atoms with Crippen LogP contribution in [0, 0.1) is 5.92 Å². The van der Waals surface area contributed by atoms with Gasteiger partial charge in [0.05, 0.1) is 18.7 Å². The molecule has 13 heteroatoms. The number of piperazine rings is 1. The Hall–Kier alpha value is -4.23. The molecule has 0 bridgehead atoms. The summed E-state index contributed by atoms with van der Waals surface area (Å²) in [5, 5.41) is 6.37. The van der Waals surface area contributed by atoms with Crippen LogP contribution < -0.4 is 29.9 Å². The molecular formula is C36H46F3N7O3. The molecule has 3 aromatic rings. The van der Waals surface area contributed by atoms with E-state index in [9.17, 15) is 18.0 Å². The van der Waals surface area contributed by atoms with Gasteiger partial charge in [-0.1, -0.05) is 12.1 Å². The van der Waals surface area contributed by atoms with E-state index in [1.54, 1.807) is 13.3 Å². The van der Waals surface area contributed by atoms with Crippen LogP contribution >= 0.6 is 0 Å². The van der Waals surface area contributed by atoms with E-state index in [0.29, 0.717) is 24.0 Å². The molecule has 1 amide bonds. The first-order valence-corrected chi connectivity index (χ1v) is 17.1. The number of hydrogen-bond donors (Lipinski definition) is 2. The fourth-order valence-corrected chi connectivity index (χ4v) is 7.05. The van der Waals surface area contributed by atoms with Crippen LogP contribution in [0.2, 0.25) is 0 Å². The van der Waals surface area contributed by atoms with Crippen LogP contribution in [0.25, 0.3) is 0 Å². The Morgan fingerprint density at radius 1 is 0.898 bits per heavy atom. The molecule has 264 valence electrons. The first-order chi connectivity index (χ1) is 23.6. The van der Waals surface area contributed by atoms with Gasteiger partial charge < -0.3 is 34.8 Å². The van der Waals surface area contributed by atoms with Crippen molar-refractivity contribution in [3.8, 4) is 11.5 Å². The Labute approximate surface area is 286 Å². The third-order valence-corrected chi connectivity index (χ3v) is 9.86. The zero-order chi connectivity index (χ0) is 34.4. The molecule has 3 fully saturated rings.